The van der Waals surface area contributed by atoms with Gasteiger partial charge in [0.05, 0.1) is 5.69 Å². The van der Waals surface area contributed by atoms with Gasteiger partial charge in [0, 0.05) is 17.7 Å². The lowest BCUT2D eigenvalue weighted by Gasteiger charge is -1.96. The van der Waals surface area contributed by atoms with Crippen molar-refractivity contribution in [2.75, 3.05) is 12.4 Å². The van der Waals surface area contributed by atoms with Gasteiger partial charge in [-0.25, -0.2) is 10.8 Å². The predicted molar refractivity (Wildman–Crippen MR) is 61.6 cm³/mol. The third kappa shape index (κ3) is 4.17. The molecule has 84 valence electrons. The maximum absolute atomic E-state index is 11.1. The van der Waals surface area contributed by atoms with Gasteiger partial charge in [0.1, 0.15) is 0 Å². The number of carbonyl (C=O) groups excluding carboxylic acids is 1. The van der Waals surface area contributed by atoms with Crippen molar-refractivity contribution < 1.29 is 9.90 Å². The maximum atomic E-state index is 11.1. The van der Waals surface area contributed by atoms with Gasteiger partial charge in [-0.1, -0.05) is 0 Å². The van der Waals surface area contributed by atoms with Gasteiger partial charge in [-0.2, -0.15) is 11.8 Å². The first-order chi connectivity index (χ1) is 7.27. The lowest BCUT2D eigenvalue weighted by atomic mass is 10.5. The van der Waals surface area contributed by atoms with Gasteiger partial charge >= 0.3 is 0 Å². The molecule has 7 heteroatoms. The second-order valence-corrected chi connectivity index (χ2v) is 4.71. The van der Waals surface area contributed by atoms with E-state index in [9.17, 15) is 4.79 Å². The minimum absolute atomic E-state index is 0.213. The molecule has 1 aromatic rings. The van der Waals surface area contributed by atoms with E-state index in [0.29, 0.717) is 5.01 Å². The van der Waals surface area contributed by atoms with Crippen LogP contribution in [0.3, 0.4) is 0 Å². The van der Waals surface area contributed by atoms with Gasteiger partial charge in [0.25, 0.3) is 5.91 Å². The third-order valence-corrected chi connectivity index (χ3v) is 3.54. The van der Waals surface area contributed by atoms with Gasteiger partial charge in [-0.05, 0) is 12.2 Å². The fourth-order valence-electron chi connectivity index (χ4n) is 0.883. The Balaban J connectivity index is 2.36. The predicted octanol–water partition coefficient (Wildman–Crippen LogP) is 0.362. The fourth-order valence-corrected chi connectivity index (χ4v) is 2.54. The number of hydrogen-bond acceptors (Lipinski definition) is 6. The number of aromatic nitrogens is 1. The fraction of sp³-hybridized carbons (Fsp3) is 0.500. The van der Waals surface area contributed by atoms with Crippen LogP contribution in [0.25, 0.3) is 0 Å². The summed E-state index contributed by atoms with van der Waals surface area (Å²) in [7, 11) is 0. The molecule has 1 heterocycles. The standard InChI is InChI=1S/C8H13N3O2S2/c9-11-7(13)8-10-6(5-15-8)4-14-3-1-2-12/h5,12H,1-4,9H2,(H,11,13). The molecule has 5 nitrogen and oxygen atoms in total. The zero-order chi connectivity index (χ0) is 11.1. The molecule has 0 atom stereocenters. The Morgan fingerprint density at radius 2 is 2.53 bits per heavy atom. The molecule has 15 heavy (non-hydrogen) atoms. The highest BCUT2D eigenvalue weighted by Gasteiger charge is 2.08. The van der Waals surface area contributed by atoms with Crippen LogP contribution < -0.4 is 11.3 Å². The zero-order valence-electron chi connectivity index (χ0n) is 8.10. The van der Waals surface area contributed by atoms with Crippen LogP contribution in [0.1, 0.15) is 21.9 Å². The summed E-state index contributed by atoms with van der Waals surface area (Å²) in [4.78, 5) is 15.2. The quantitative estimate of drug-likeness (QED) is 0.292. The van der Waals surface area contributed by atoms with Gasteiger partial charge in [-0.15, -0.1) is 11.3 Å². The Morgan fingerprint density at radius 1 is 1.73 bits per heavy atom. The number of aliphatic hydroxyl groups is 1. The third-order valence-electron chi connectivity index (χ3n) is 1.57. The number of nitrogen functional groups attached to an aromatic ring is 1. The van der Waals surface area contributed by atoms with Crippen molar-refractivity contribution >= 4 is 29.0 Å². The van der Waals surface area contributed by atoms with E-state index < -0.39 is 0 Å². The Morgan fingerprint density at radius 3 is 3.20 bits per heavy atom. The molecular formula is C8H13N3O2S2. The lowest BCUT2D eigenvalue weighted by molar-refractivity contribution is 0.0953. The van der Waals surface area contributed by atoms with Crippen LogP contribution in [-0.4, -0.2) is 28.4 Å². The number of aliphatic hydroxyl groups excluding tert-OH is 1. The summed E-state index contributed by atoms with van der Waals surface area (Å²) in [5, 5.41) is 10.8. The van der Waals surface area contributed by atoms with Crippen molar-refractivity contribution in [2.24, 2.45) is 5.84 Å². The molecule has 0 aliphatic rings. The van der Waals surface area contributed by atoms with E-state index in [0.717, 1.165) is 23.6 Å². The van der Waals surface area contributed by atoms with Crippen LogP contribution in [0.15, 0.2) is 5.38 Å². The molecule has 1 rings (SSSR count). The van der Waals surface area contributed by atoms with Crippen molar-refractivity contribution in [3.8, 4) is 0 Å². The maximum Gasteiger partial charge on any atom is 0.294 e. The average Bonchev–Trinajstić information content (AvgIpc) is 2.72. The Hall–Kier alpha value is -0.630. The second-order valence-electron chi connectivity index (χ2n) is 2.75. The number of rotatable bonds is 6. The van der Waals surface area contributed by atoms with E-state index in [2.05, 4.69) is 4.98 Å². The molecule has 1 amide bonds. The minimum Gasteiger partial charge on any atom is -0.396 e. The summed E-state index contributed by atoms with van der Waals surface area (Å²) < 4.78 is 0. The molecule has 4 N–H and O–H groups in total. The molecule has 1 aromatic heterocycles. The molecular weight excluding hydrogens is 234 g/mol. The molecule has 0 aliphatic carbocycles. The average molecular weight is 247 g/mol. The van der Waals surface area contributed by atoms with Crippen LogP contribution >= 0.6 is 23.1 Å². The summed E-state index contributed by atoms with van der Waals surface area (Å²) in [6, 6.07) is 0. The monoisotopic (exact) mass is 247 g/mol. The molecule has 0 fully saturated rings. The minimum atomic E-state index is -0.355. The Labute approximate surface area is 96.1 Å². The molecule has 0 unspecified atom stereocenters. The summed E-state index contributed by atoms with van der Waals surface area (Å²) in [6.45, 7) is 0.213. The van der Waals surface area contributed by atoms with E-state index in [1.165, 1.54) is 11.3 Å². The largest absolute Gasteiger partial charge is 0.396 e. The van der Waals surface area contributed by atoms with E-state index in [4.69, 9.17) is 10.9 Å². The normalized spacial score (nSPS) is 10.3. The van der Waals surface area contributed by atoms with Crippen LogP contribution in [0.5, 0.6) is 0 Å². The molecule has 0 spiro atoms. The summed E-state index contributed by atoms with van der Waals surface area (Å²) in [5.74, 6) is 6.29. The van der Waals surface area contributed by atoms with Crippen LogP contribution in [0, 0.1) is 0 Å². The molecule has 0 aromatic carbocycles. The number of thiazole rings is 1. The van der Waals surface area contributed by atoms with Crippen LogP contribution in [0.2, 0.25) is 0 Å². The first kappa shape index (κ1) is 12.4. The van der Waals surface area contributed by atoms with Gasteiger partial charge < -0.3 is 5.11 Å². The van der Waals surface area contributed by atoms with Crippen molar-refractivity contribution in [1.82, 2.24) is 10.4 Å². The Kier molecular flexibility index (Phi) is 5.62. The zero-order valence-corrected chi connectivity index (χ0v) is 9.74. The first-order valence-corrected chi connectivity index (χ1v) is 6.45. The van der Waals surface area contributed by atoms with Gasteiger partial charge in [0.2, 0.25) is 0 Å². The number of thioether (sulfide) groups is 1. The number of hydrazine groups is 1. The van der Waals surface area contributed by atoms with Crippen LogP contribution in [-0.2, 0) is 5.75 Å². The number of hydrogen-bond donors (Lipinski definition) is 3. The highest BCUT2D eigenvalue weighted by molar-refractivity contribution is 7.98. The van der Waals surface area contributed by atoms with E-state index in [1.807, 2.05) is 10.8 Å². The molecule has 0 saturated heterocycles. The summed E-state index contributed by atoms with van der Waals surface area (Å²) in [5.41, 5.74) is 2.92. The number of amides is 1. The SMILES string of the molecule is NNC(=O)c1nc(CSCCCO)cs1. The number of nitrogens with one attached hydrogen (secondary N) is 1. The lowest BCUT2D eigenvalue weighted by Crippen LogP contribution is -2.29. The van der Waals surface area contributed by atoms with E-state index in [-0.39, 0.29) is 12.5 Å². The Bertz CT molecular complexity index is 317. The van der Waals surface area contributed by atoms with Crippen molar-refractivity contribution in [1.29, 1.82) is 0 Å². The number of carbonyl (C=O) groups is 1. The van der Waals surface area contributed by atoms with E-state index in [1.54, 1.807) is 11.8 Å². The molecule has 0 bridgehead atoms. The highest BCUT2D eigenvalue weighted by atomic mass is 32.2. The molecule has 0 aliphatic heterocycles. The molecule has 0 saturated carbocycles. The van der Waals surface area contributed by atoms with Crippen molar-refractivity contribution in [3.05, 3.63) is 16.1 Å². The van der Waals surface area contributed by atoms with Gasteiger partial charge in [0.15, 0.2) is 5.01 Å². The van der Waals surface area contributed by atoms with Gasteiger partial charge in [-0.3, -0.25) is 10.2 Å². The first-order valence-electron chi connectivity index (χ1n) is 4.42. The van der Waals surface area contributed by atoms with Crippen molar-refractivity contribution in [3.63, 3.8) is 0 Å². The van der Waals surface area contributed by atoms with Crippen molar-refractivity contribution in [2.45, 2.75) is 12.2 Å². The topological polar surface area (TPSA) is 88.2 Å². The second kappa shape index (κ2) is 6.78. The van der Waals surface area contributed by atoms with E-state index >= 15 is 0 Å². The molecule has 0 radical (unpaired) electrons. The number of nitrogens with zero attached hydrogens (tertiary/aromatic N) is 1. The number of nitrogens with two attached hydrogens (primary N) is 1. The van der Waals surface area contributed by atoms with Crippen LogP contribution in [0.4, 0.5) is 0 Å². The summed E-state index contributed by atoms with van der Waals surface area (Å²) in [6.07, 6.45) is 0.783. The highest BCUT2D eigenvalue weighted by Crippen LogP contribution is 2.16. The summed E-state index contributed by atoms with van der Waals surface area (Å²) >= 11 is 2.96. The smallest absolute Gasteiger partial charge is 0.294 e.